The molecule has 2 heterocycles. The molecular weight excluding hydrogens is 562 g/mol. The van der Waals surface area contributed by atoms with Crippen LogP contribution in [0.15, 0.2) is 55.2 Å². The van der Waals surface area contributed by atoms with Crippen LogP contribution in [0.25, 0.3) is 11.4 Å². The fourth-order valence-corrected chi connectivity index (χ4v) is 5.62. The number of anilines is 1. The van der Waals surface area contributed by atoms with Gasteiger partial charge in [-0.2, -0.15) is 0 Å². The molecule has 10 heteroatoms. The molecule has 6 nitrogen and oxygen atoms in total. The zero-order valence-corrected chi connectivity index (χ0v) is 19.7. The van der Waals surface area contributed by atoms with Crippen molar-refractivity contribution in [3.8, 4) is 11.4 Å². The van der Waals surface area contributed by atoms with Crippen molar-refractivity contribution in [2.24, 2.45) is 0 Å². The normalized spacial score (nSPS) is 10.8. The highest BCUT2D eigenvalue weighted by Crippen LogP contribution is 2.34. The van der Waals surface area contributed by atoms with Crippen molar-refractivity contribution >= 4 is 71.1 Å². The number of nitrogens with zero attached hydrogens (tertiary/aromatic N) is 4. The molecule has 2 aromatic heterocycles. The zero-order chi connectivity index (χ0) is 19.4. The first-order valence-corrected chi connectivity index (χ1v) is 11.3. The molecule has 1 amide bonds. The first-order chi connectivity index (χ1) is 13.0. The van der Waals surface area contributed by atoms with Crippen molar-refractivity contribution in [1.82, 2.24) is 19.7 Å². The maximum Gasteiger partial charge on any atom is 0.234 e. The van der Waals surface area contributed by atoms with E-state index in [1.807, 2.05) is 35.8 Å². The Morgan fingerprint density at radius 3 is 2.44 bits per heavy atom. The summed E-state index contributed by atoms with van der Waals surface area (Å²) in [7, 11) is 0. The second-order valence-electron chi connectivity index (χ2n) is 5.37. The summed E-state index contributed by atoms with van der Waals surface area (Å²) in [6, 6.07) is 7.53. The van der Waals surface area contributed by atoms with Crippen LogP contribution in [0.2, 0.25) is 0 Å². The fraction of sp³-hybridized carbons (Fsp3) is 0.176. The Bertz CT molecular complexity index is 941. The highest BCUT2D eigenvalue weighted by Gasteiger charge is 2.16. The molecule has 0 unspecified atom stereocenters. The second kappa shape index (κ2) is 9.31. The maximum atomic E-state index is 12.4. The molecular formula is C17H14Br3N5OS. The molecule has 0 bridgehead atoms. The Labute approximate surface area is 185 Å². The summed E-state index contributed by atoms with van der Waals surface area (Å²) in [5.74, 6) is 0.865. The quantitative estimate of drug-likeness (QED) is 0.400. The van der Waals surface area contributed by atoms with Crippen LogP contribution in [-0.2, 0) is 11.3 Å². The van der Waals surface area contributed by atoms with Crippen LogP contribution in [-0.4, -0.2) is 31.4 Å². The molecule has 0 aliphatic carbocycles. The topological polar surface area (TPSA) is 72.7 Å². The Hall–Kier alpha value is -1.23. The van der Waals surface area contributed by atoms with Gasteiger partial charge in [0.1, 0.15) is 0 Å². The predicted molar refractivity (Wildman–Crippen MR) is 118 cm³/mol. The van der Waals surface area contributed by atoms with Gasteiger partial charge >= 0.3 is 0 Å². The summed E-state index contributed by atoms with van der Waals surface area (Å²) in [4.78, 5) is 16.4. The number of amides is 1. The van der Waals surface area contributed by atoms with Crippen LogP contribution in [0.4, 0.5) is 5.69 Å². The SMILES string of the molecule is CCn1c(SCC(=O)Nc2c(Br)cc(Br)cc2Br)nnc1-c1ccncc1. The van der Waals surface area contributed by atoms with Crippen molar-refractivity contribution < 1.29 is 4.79 Å². The van der Waals surface area contributed by atoms with Gasteiger partial charge in [0.15, 0.2) is 11.0 Å². The number of carbonyl (C=O) groups excluding carboxylic acids is 1. The lowest BCUT2D eigenvalue weighted by molar-refractivity contribution is -0.113. The lowest BCUT2D eigenvalue weighted by atomic mass is 10.2. The number of aromatic nitrogens is 4. The third-order valence-electron chi connectivity index (χ3n) is 3.58. The third kappa shape index (κ3) is 4.98. The number of hydrogen-bond donors (Lipinski definition) is 1. The Kier molecular flexibility index (Phi) is 7.07. The summed E-state index contributed by atoms with van der Waals surface area (Å²) >= 11 is 11.7. The lowest BCUT2D eigenvalue weighted by Gasteiger charge is -2.11. The molecule has 140 valence electrons. The van der Waals surface area contributed by atoms with Crippen molar-refractivity contribution in [1.29, 1.82) is 0 Å². The number of halogens is 3. The van der Waals surface area contributed by atoms with Crippen LogP contribution in [0.5, 0.6) is 0 Å². The Morgan fingerprint density at radius 1 is 1.15 bits per heavy atom. The van der Waals surface area contributed by atoms with Gasteiger partial charge in [-0.25, -0.2) is 0 Å². The van der Waals surface area contributed by atoms with Gasteiger partial charge < -0.3 is 9.88 Å². The van der Waals surface area contributed by atoms with Crippen LogP contribution < -0.4 is 5.32 Å². The molecule has 27 heavy (non-hydrogen) atoms. The summed E-state index contributed by atoms with van der Waals surface area (Å²) in [6.45, 7) is 2.73. The van der Waals surface area contributed by atoms with Crippen molar-refractivity contribution in [3.63, 3.8) is 0 Å². The molecule has 0 radical (unpaired) electrons. The lowest BCUT2D eigenvalue weighted by Crippen LogP contribution is -2.15. The average Bonchev–Trinajstić information content (AvgIpc) is 3.06. The second-order valence-corrected chi connectivity index (χ2v) is 8.93. The fourth-order valence-electron chi connectivity index (χ4n) is 2.36. The molecule has 0 atom stereocenters. The van der Waals surface area contributed by atoms with Crippen molar-refractivity contribution in [2.45, 2.75) is 18.6 Å². The molecule has 1 N–H and O–H groups in total. The summed E-state index contributed by atoms with van der Waals surface area (Å²) in [6.07, 6.45) is 3.44. The molecule has 3 aromatic rings. The molecule has 0 saturated heterocycles. The number of thioether (sulfide) groups is 1. The van der Waals surface area contributed by atoms with Crippen LogP contribution in [0.1, 0.15) is 6.92 Å². The van der Waals surface area contributed by atoms with Gasteiger partial charge in [0.25, 0.3) is 0 Å². The van der Waals surface area contributed by atoms with E-state index in [1.165, 1.54) is 11.8 Å². The number of nitrogens with one attached hydrogen (secondary N) is 1. The standard InChI is InChI=1S/C17H14Br3N5OS/c1-2-25-16(10-3-5-21-6-4-10)23-24-17(25)27-9-14(26)22-15-12(19)7-11(18)8-13(15)20/h3-8H,2,9H2,1H3,(H,22,26). The minimum Gasteiger partial charge on any atom is -0.323 e. The average molecular weight is 576 g/mol. The van der Waals surface area contributed by atoms with E-state index in [0.717, 1.165) is 24.8 Å². The van der Waals surface area contributed by atoms with E-state index in [4.69, 9.17) is 0 Å². The summed E-state index contributed by atoms with van der Waals surface area (Å²) in [5.41, 5.74) is 1.64. The van der Waals surface area contributed by atoms with Gasteiger partial charge in [0, 0.05) is 37.9 Å². The minimum absolute atomic E-state index is 0.125. The molecule has 0 saturated carbocycles. The number of carbonyl (C=O) groups is 1. The molecule has 1 aromatic carbocycles. The Morgan fingerprint density at radius 2 is 1.81 bits per heavy atom. The van der Waals surface area contributed by atoms with E-state index < -0.39 is 0 Å². The highest BCUT2D eigenvalue weighted by molar-refractivity contribution is 9.11. The van der Waals surface area contributed by atoms with Gasteiger partial charge in [0.05, 0.1) is 11.4 Å². The summed E-state index contributed by atoms with van der Waals surface area (Å²) in [5, 5.41) is 12.1. The van der Waals surface area contributed by atoms with Crippen molar-refractivity contribution in [2.75, 3.05) is 11.1 Å². The minimum atomic E-state index is -0.125. The first-order valence-electron chi connectivity index (χ1n) is 7.90. The van der Waals surface area contributed by atoms with E-state index in [1.54, 1.807) is 12.4 Å². The van der Waals surface area contributed by atoms with E-state index in [-0.39, 0.29) is 11.7 Å². The molecule has 0 fully saturated rings. The number of pyridine rings is 1. The maximum absolute atomic E-state index is 12.4. The first kappa shape index (κ1) is 20.5. The van der Waals surface area contributed by atoms with Crippen LogP contribution in [0, 0.1) is 0 Å². The van der Waals surface area contributed by atoms with E-state index in [2.05, 4.69) is 68.3 Å². The zero-order valence-electron chi connectivity index (χ0n) is 14.1. The van der Waals surface area contributed by atoms with Crippen molar-refractivity contribution in [3.05, 3.63) is 50.1 Å². The van der Waals surface area contributed by atoms with Crippen LogP contribution in [0.3, 0.4) is 0 Å². The van der Waals surface area contributed by atoms with Gasteiger partial charge in [-0.05, 0) is 63.0 Å². The van der Waals surface area contributed by atoms with E-state index >= 15 is 0 Å². The summed E-state index contributed by atoms with van der Waals surface area (Å²) < 4.78 is 4.48. The van der Waals surface area contributed by atoms with Gasteiger partial charge in [-0.1, -0.05) is 27.7 Å². The third-order valence-corrected chi connectivity index (χ3v) is 6.25. The van der Waals surface area contributed by atoms with Crippen LogP contribution >= 0.6 is 59.6 Å². The predicted octanol–water partition coefficient (Wildman–Crippen LogP) is 5.38. The number of rotatable bonds is 6. The van der Waals surface area contributed by atoms with Gasteiger partial charge in [-0.3, -0.25) is 9.78 Å². The molecule has 3 rings (SSSR count). The largest absolute Gasteiger partial charge is 0.323 e. The number of hydrogen-bond acceptors (Lipinski definition) is 5. The number of benzene rings is 1. The highest BCUT2D eigenvalue weighted by atomic mass is 79.9. The molecule has 0 spiro atoms. The Balaban J connectivity index is 1.70. The van der Waals surface area contributed by atoms with E-state index in [9.17, 15) is 4.79 Å². The van der Waals surface area contributed by atoms with Gasteiger partial charge in [0.2, 0.25) is 5.91 Å². The monoisotopic (exact) mass is 573 g/mol. The smallest absolute Gasteiger partial charge is 0.234 e. The van der Waals surface area contributed by atoms with Gasteiger partial charge in [-0.15, -0.1) is 10.2 Å². The molecule has 0 aliphatic rings. The molecule has 0 aliphatic heterocycles. The van der Waals surface area contributed by atoms with E-state index in [0.29, 0.717) is 17.4 Å².